The molecule has 3 heterocycles. The summed E-state index contributed by atoms with van der Waals surface area (Å²) < 4.78 is 18.6. The van der Waals surface area contributed by atoms with Gasteiger partial charge in [-0.05, 0) is 23.8 Å². The maximum atomic E-state index is 15.3. The van der Waals surface area contributed by atoms with Crippen LogP contribution in [-0.4, -0.2) is 78.9 Å². The van der Waals surface area contributed by atoms with E-state index in [2.05, 4.69) is 5.10 Å². The lowest BCUT2D eigenvalue weighted by atomic mass is 9.90. The molecule has 1 aliphatic rings. The number of halogens is 1. The predicted octanol–water partition coefficient (Wildman–Crippen LogP) is 2.22. The molecule has 0 saturated carbocycles. The topological polar surface area (TPSA) is 114 Å². The van der Waals surface area contributed by atoms with Gasteiger partial charge in [-0.15, -0.1) is 0 Å². The van der Waals surface area contributed by atoms with Gasteiger partial charge in [0.25, 0.3) is 0 Å². The number of likely N-dealkylation sites (N-methyl/N-ethyl adjacent to an activating group) is 1. The van der Waals surface area contributed by atoms with Gasteiger partial charge in [0.05, 0.1) is 22.9 Å². The number of hydrogen-bond acceptors (Lipinski definition) is 5. The summed E-state index contributed by atoms with van der Waals surface area (Å²) in [7, 11) is 3.21. The fourth-order valence-corrected chi connectivity index (χ4v) is 4.72. The van der Waals surface area contributed by atoms with Crippen LogP contribution in [0.4, 0.5) is 4.39 Å². The van der Waals surface area contributed by atoms with E-state index < -0.39 is 24.2 Å². The molecule has 0 spiro atoms. The van der Waals surface area contributed by atoms with Gasteiger partial charge in [0.15, 0.2) is 0 Å². The van der Waals surface area contributed by atoms with Crippen LogP contribution in [0.3, 0.4) is 0 Å². The summed E-state index contributed by atoms with van der Waals surface area (Å²) >= 11 is 0. The van der Waals surface area contributed by atoms with Gasteiger partial charge in [-0.3, -0.25) is 23.7 Å². The smallest absolute Gasteiger partial charge is 0.323 e. The number of nitrogens with zero attached hydrogens (tertiary/aromatic N) is 6. The van der Waals surface area contributed by atoms with E-state index >= 15 is 4.39 Å². The van der Waals surface area contributed by atoms with Crippen LogP contribution in [-0.2, 0) is 28.0 Å². The standard InChI is InChI=1S/C25H25FN6O4/c1-14(33)31-10-16(11-31)25-24-17(18-8-21-15(7-19(18)26)9-27-30(21)3)5-4-6-20(24)32(28-25)12-22(34)29(2)13-23(35)36/h4-9,16H,10-13H2,1-3H3,(H,35,36). The molecule has 0 bridgehead atoms. The molecule has 2 aromatic carbocycles. The van der Waals surface area contributed by atoms with Gasteiger partial charge in [0, 0.05) is 56.4 Å². The molecule has 11 heteroatoms. The number of hydrogen-bond donors (Lipinski definition) is 1. The zero-order valence-corrected chi connectivity index (χ0v) is 20.1. The first-order valence-electron chi connectivity index (χ1n) is 11.5. The summed E-state index contributed by atoms with van der Waals surface area (Å²) in [5, 5.41) is 19.4. The number of benzene rings is 2. The summed E-state index contributed by atoms with van der Waals surface area (Å²) in [6.45, 7) is 1.87. The predicted molar refractivity (Wildman–Crippen MR) is 130 cm³/mol. The third-order valence-corrected chi connectivity index (χ3v) is 6.73. The van der Waals surface area contributed by atoms with Crippen LogP contribution in [0.1, 0.15) is 18.5 Å². The number of aromatic nitrogens is 4. The van der Waals surface area contributed by atoms with E-state index in [4.69, 9.17) is 10.2 Å². The molecular weight excluding hydrogens is 467 g/mol. The number of carboxylic acid groups (broad SMARTS) is 1. The molecule has 0 aliphatic carbocycles. The molecule has 2 aromatic heterocycles. The second-order valence-electron chi connectivity index (χ2n) is 9.17. The Bertz CT molecular complexity index is 1530. The lowest BCUT2D eigenvalue weighted by Gasteiger charge is -2.38. The van der Waals surface area contributed by atoms with Crippen molar-refractivity contribution < 1.29 is 23.9 Å². The molecule has 1 saturated heterocycles. The van der Waals surface area contributed by atoms with Crippen molar-refractivity contribution in [2.45, 2.75) is 19.4 Å². The number of fused-ring (bicyclic) bond motifs is 2. The average molecular weight is 493 g/mol. The highest BCUT2D eigenvalue weighted by Gasteiger charge is 2.34. The van der Waals surface area contributed by atoms with E-state index in [0.29, 0.717) is 46.2 Å². The third kappa shape index (κ3) is 3.96. The molecule has 4 aromatic rings. The summed E-state index contributed by atoms with van der Waals surface area (Å²) in [5.74, 6) is -2.04. The second-order valence-corrected chi connectivity index (χ2v) is 9.17. The number of likely N-dealkylation sites (tertiary alicyclic amines) is 1. The van der Waals surface area contributed by atoms with Gasteiger partial charge >= 0.3 is 5.97 Å². The number of rotatable bonds is 6. The molecule has 2 amide bonds. The van der Waals surface area contributed by atoms with Crippen molar-refractivity contribution in [3.63, 3.8) is 0 Å². The minimum Gasteiger partial charge on any atom is -0.480 e. The zero-order chi connectivity index (χ0) is 25.7. The van der Waals surface area contributed by atoms with Gasteiger partial charge in [-0.2, -0.15) is 10.2 Å². The number of carboxylic acids is 1. The molecule has 0 unspecified atom stereocenters. The van der Waals surface area contributed by atoms with Gasteiger partial charge < -0.3 is 14.9 Å². The Labute approximate surface area is 205 Å². The Hall–Kier alpha value is -4.28. The highest BCUT2D eigenvalue weighted by atomic mass is 19.1. The summed E-state index contributed by atoms with van der Waals surface area (Å²) in [4.78, 5) is 38.4. The summed E-state index contributed by atoms with van der Waals surface area (Å²) in [6, 6.07) is 8.61. The molecule has 0 radical (unpaired) electrons. The Morgan fingerprint density at radius 1 is 1.17 bits per heavy atom. The molecular formula is C25H25FN6O4. The Morgan fingerprint density at radius 2 is 1.92 bits per heavy atom. The first kappa shape index (κ1) is 23.5. The molecule has 1 aliphatic heterocycles. The fourth-order valence-electron chi connectivity index (χ4n) is 4.72. The first-order chi connectivity index (χ1) is 17.1. The monoisotopic (exact) mass is 492 g/mol. The van der Waals surface area contributed by atoms with E-state index in [1.54, 1.807) is 35.0 Å². The van der Waals surface area contributed by atoms with Crippen molar-refractivity contribution >= 4 is 39.6 Å². The fraction of sp³-hybridized carbons (Fsp3) is 0.320. The van der Waals surface area contributed by atoms with Crippen molar-refractivity contribution in [1.29, 1.82) is 0 Å². The van der Waals surface area contributed by atoms with Crippen molar-refractivity contribution in [3.05, 3.63) is 48.0 Å². The highest BCUT2D eigenvalue weighted by Crippen LogP contribution is 2.39. The molecule has 1 fully saturated rings. The van der Waals surface area contributed by atoms with E-state index in [9.17, 15) is 14.4 Å². The van der Waals surface area contributed by atoms with E-state index in [1.807, 2.05) is 12.1 Å². The maximum absolute atomic E-state index is 15.3. The van der Waals surface area contributed by atoms with E-state index in [1.165, 1.54) is 24.7 Å². The van der Waals surface area contributed by atoms with Crippen molar-refractivity contribution in [2.24, 2.45) is 7.05 Å². The minimum atomic E-state index is -1.11. The third-order valence-electron chi connectivity index (χ3n) is 6.73. The average Bonchev–Trinajstić information content (AvgIpc) is 3.32. The molecule has 186 valence electrons. The lowest BCUT2D eigenvalue weighted by molar-refractivity contribution is -0.143. The van der Waals surface area contributed by atoms with Crippen LogP contribution < -0.4 is 0 Å². The van der Waals surface area contributed by atoms with Crippen LogP contribution in [0.25, 0.3) is 32.9 Å². The van der Waals surface area contributed by atoms with E-state index in [0.717, 1.165) is 10.4 Å². The van der Waals surface area contributed by atoms with Crippen molar-refractivity contribution in [2.75, 3.05) is 26.7 Å². The number of carbonyl (C=O) groups is 3. The minimum absolute atomic E-state index is 0.0339. The van der Waals surface area contributed by atoms with Crippen LogP contribution in [0.15, 0.2) is 36.5 Å². The van der Waals surface area contributed by atoms with Gasteiger partial charge in [0.1, 0.15) is 18.9 Å². The molecule has 5 rings (SSSR count). The van der Waals surface area contributed by atoms with Gasteiger partial charge in [0.2, 0.25) is 11.8 Å². The molecule has 36 heavy (non-hydrogen) atoms. The Balaban J connectivity index is 1.65. The molecule has 1 N–H and O–H groups in total. The number of aliphatic carboxylic acids is 1. The number of carbonyl (C=O) groups excluding carboxylic acids is 2. The summed E-state index contributed by atoms with van der Waals surface area (Å²) in [6.07, 6.45) is 1.61. The number of aryl methyl sites for hydroxylation is 1. The molecule has 10 nitrogen and oxygen atoms in total. The largest absolute Gasteiger partial charge is 0.480 e. The Morgan fingerprint density at radius 3 is 2.61 bits per heavy atom. The maximum Gasteiger partial charge on any atom is 0.323 e. The van der Waals surface area contributed by atoms with Crippen LogP contribution in [0, 0.1) is 5.82 Å². The van der Waals surface area contributed by atoms with Crippen LogP contribution in [0.2, 0.25) is 0 Å². The Kier molecular flexibility index (Phi) is 5.70. The van der Waals surface area contributed by atoms with Crippen LogP contribution >= 0.6 is 0 Å². The normalized spacial score (nSPS) is 13.8. The SMILES string of the molecule is CC(=O)N1CC(c2nn(CC(=O)N(C)CC(=O)O)c3cccc(-c4cc5c(cnn5C)cc4F)c23)C1. The van der Waals surface area contributed by atoms with Crippen molar-refractivity contribution in [1.82, 2.24) is 29.4 Å². The van der Waals surface area contributed by atoms with Gasteiger partial charge in [-0.25, -0.2) is 4.39 Å². The first-order valence-corrected chi connectivity index (χ1v) is 11.5. The molecule has 0 atom stereocenters. The van der Waals surface area contributed by atoms with Gasteiger partial charge in [-0.1, -0.05) is 12.1 Å². The lowest BCUT2D eigenvalue weighted by Crippen LogP contribution is -2.47. The number of amides is 2. The van der Waals surface area contributed by atoms with Crippen molar-refractivity contribution in [3.8, 4) is 11.1 Å². The second kappa shape index (κ2) is 8.74. The van der Waals surface area contributed by atoms with Crippen LogP contribution in [0.5, 0.6) is 0 Å². The van der Waals surface area contributed by atoms with E-state index in [-0.39, 0.29) is 18.4 Å². The zero-order valence-electron chi connectivity index (χ0n) is 20.1. The summed E-state index contributed by atoms with van der Waals surface area (Å²) in [5.41, 5.74) is 3.09. The highest BCUT2D eigenvalue weighted by molar-refractivity contribution is 6.00. The quantitative estimate of drug-likeness (QED) is 0.442.